The number of carboxylic acids is 1. The standard InChI is InChI=1S/C13H11FN2O2/c1-9-15-7-8-16(9)13-10(5-6-12(17)18)3-2-4-11(13)14/h2-8H,1H3,(H,17,18)/b6-5+. The highest BCUT2D eigenvalue weighted by atomic mass is 19.1. The maximum atomic E-state index is 13.9. The molecule has 0 aliphatic heterocycles. The molecule has 2 aromatic rings. The van der Waals surface area contributed by atoms with Crippen molar-refractivity contribution >= 4 is 12.0 Å². The van der Waals surface area contributed by atoms with E-state index in [1.165, 1.54) is 18.2 Å². The van der Waals surface area contributed by atoms with Crippen LogP contribution in [-0.2, 0) is 4.79 Å². The Morgan fingerprint density at radius 1 is 1.50 bits per heavy atom. The van der Waals surface area contributed by atoms with Crippen LogP contribution in [-0.4, -0.2) is 20.6 Å². The van der Waals surface area contributed by atoms with Crippen molar-refractivity contribution in [3.63, 3.8) is 0 Å². The van der Waals surface area contributed by atoms with E-state index in [4.69, 9.17) is 5.11 Å². The van der Waals surface area contributed by atoms with Crippen molar-refractivity contribution in [3.8, 4) is 5.69 Å². The highest BCUT2D eigenvalue weighted by molar-refractivity contribution is 5.86. The highest BCUT2D eigenvalue weighted by Gasteiger charge is 2.10. The molecule has 0 aliphatic carbocycles. The second kappa shape index (κ2) is 4.83. The zero-order valence-electron chi connectivity index (χ0n) is 9.67. The Morgan fingerprint density at radius 2 is 2.28 bits per heavy atom. The normalized spacial score (nSPS) is 11.0. The van der Waals surface area contributed by atoms with E-state index in [0.717, 1.165) is 6.08 Å². The van der Waals surface area contributed by atoms with Crippen molar-refractivity contribution in [1.82, 2.24) is 9.55 Å². The molecular weight excluding hydrogens is 235 g/mol. The van der Waals surface area contributed by atoms with E-state index in [-0.39, 0.29) is 0 Å². The molecule has 0 bridgehead atoms. The predicted octanol–water partition coefficient (Wildman–Crippen LogP) is 2.42. The lowest BCUT2D eigenvalue weighted by atomic mass is 10.1. The van der Waals surface area contributed by atoms with E-state index in [0.29, 0.717) is 17.1 Å². The fraction of sp³-hybridized carbons (Fsp3) is 0.0769. The minimum atomic E-state index is -1.08. The molecule has 1 aromatic heterocycles. The van der Waals surface area contributed by atoms with Gasteiger partial charge in [0.15, 0.2) is 0 Å². The average Bonchev–Trinajstić information content (AvgIpc) is 2.72. The first-order chi connectivity index (χ1) is 8.59. The van der Waals surface area contributed by atoms with E-state index < -0.39 is 11.8 Å². The SMILES string of the molecule is Cc1nccn1-c1c(F)cccc1/C=C/C(=O)O. The van der Waals surface area contributed by atoms with Gasteiger partial charge in [-0.3, -0.25) is 0 Å². The number of carboxylic acid groups (broad SMARTS) is 1. The molecule has 0 saturated carbocycles. The zero-order valence-corrected chi connectivity index (χ0v) is 9.67. The van der Waals surface area contributed by atoms with Gasteiger partial charge in [-0.05, 0) is 19.1 Å². The van der Waals surface area contributed by atoms with E-state index in [1.54, 1.807) is 30.0 Å². The minimum Gasteiger partial charge on any atom is -0.478 e. The van der Waals surface area contributed by atoms with E-state index in [9.17, 15) is 9.18 Å². The molecule has 5 heteroatoms. The van der Waals surface area contributed by atoms with Crippen LogP contribution >= 0.6 is 0 Å². The van der Waals surface area contributed by atoms with Crippen LogP contribution in [0.2, 0.25) is 0 Å². The smallest absolute Gasteiger partial charge is 0.328 e. The van der Waals surface area contributed by atoms with Gasteiger partial charge in [-0.25, -0.2) is 14.2 Å². The van der Waals surface area contributed by atoms with Gasteiger partial charge >= 0.3 is 5.97 Å². The van der Waals surface area contributed by atoms with Gasteiger partial charge in [0.05, 0.1) is 5.69 Å². The number of imidazole rings is 1. The first-order valence-corrected chi connectivity index (χ1v) is 5.29. The molecule has 2 rings (SSSR count). The van der Waals surface area contributed by atoms with Gasteiger partial charge in [0, 0.05) is 24.0 Å². The third-order valence-electron chi connectivity index (χ3n) is 2.49. The van der Waals surface area contributed by atoms with Crippen LogP contribution in [0.3, 0.4) is 0 Å². The van der Waals surface area contributed by atoms with Crippen molar-refractivity contribution in [2.75, 3.05) is 0 Å². The van der Waals surface area contributed by atoms with E-state index >= 15 is 0 Å². The molecule has 0 aliphatic rings. The molecule has 0 unspecified atom stereocenters. The number of nitrogens with zero attached hydrogens (tertiary/aromatic N) is 2. The molecule has 1 N–H and O–H groups in total. The third-order valence-corrected chi connectivity index (χ3v) is 2.49. The van der Waals surface area contributed by atoms with Crippen LogP contribution in [0, 0.1) is 12.7 Å². The molecule has 18 heavy (non-hydrogen) atoms. The highest BCUT2D eigenvalue weighted by Crippen LogP contribution is 2.21. The fourth-order valence-corrected chi connectivity index (χ4v) is 1.70. The summed E-state index contributed by atoms with van der Waals surface area (Å²) in [6, 6.07) is 4.51. The van der Waals surface area contributed by atoms with Crippen LogP contribution in [0.15, 0.2) is 36.7 Å². The van der Waals surface area contributed by atoms with Crippen LogP contribution in [0.5, 0.6) is 0 Å². The lowest BCUT2D eigenvalue weighted by Gasteiger charge is -2.10. The maximum Gasteiger partial charge on any atom is 0.328 e. The number of aryl methyl sites for hydroxylation is 1. The second-order valence-electron chi connectivity index (χ2n) is 3.69. The summed E-state index contributed by atoms with van der Waals surface area (Å²) in [6.45, 7) is 1.75. The number of aromatic nitrogens is 2. The van der Waals surface area contributed by atoms with Crippen molar-refractivity contribution in [2.24, 2.45) is 0 Å². The van der Waals surface area contributed by atoms with Crippen LogP contribution in [0.1, 0.15) is 11.4 Å². The average molecular weight is 246 g/mol. The van der Waals surface area contributed by atoms with Gasteiger partial charge in [-0.2, -0.15) is 0 Å². The molecule has 4 nitrogen and oxygen atoms in total. The predicted molar refractivity (Wildman–Crippen MR) is 64.9 cm³/mol. The quantitative estimate of drug-likeness (QED) is 0.846. The van der Waals surface area contributed by atoms with Crippen molar-refractivity contribution in [1.29, 1.82) is 0 Å². The summed E-state index contributed by atoms with van der Waals surface area (Å²) < 4.78 is 15.5. The molecule has 0 spiro atoms. The number of halogens is 1. The van der Waals surface area contributed by atoms with Gasteiger partial charge in [0.1, 0.15) is 11.6 Å². The van der Waals surface area contributed by atoms with Crippen LogP contribution in [0.4, 0.5) is 4.39 Å². The Bertz CT molecular complexity index is 617. The third kappa shape index (κ3) is 2.29. The van der Waals surface area contributed by atoms with Crippen molar-refractivity contribution in [2.45, 2.75) is 6.92 Å². The Balaban J connectivity index is 2.59. The molecule has 92 valence electrons. The number of benzene rings is 1. The summed E-state index contributed by atoms with van der Waals surface area (Å²) in [7, 11) is 0. The molecule has 0 amide bonds. The van der Waals surface area contributed by atoms with Gasteiger partial charge in [0.2, 0.25) is 0 Å². The molecule has 1 aromatic carbocycles. The fourth-order valence-electron chi connectivity index (χ4n) is 1.70. The first-order valence-electron chi connectivity index (χ1n) is 5.29. The summed E-state index contributed by atoms with van der Waals surface area (Å²) in [5.41, 5.74) is 0.781. The Hall–Kier alpha value is -2.43. The van der Waals surface area contributed by atoms with Crippen molar-refractivity contribution < 1.29 is 14.3 Å². The number of hydrogen-bond acceptors (Lipinski definition) is 2. The summed E-state index contributed by atoms with van der Waals surface area (Å²) >= 11 is 0. The minimum absolute atomic E-state index is 0.296. The summed E-state index contributed by atoms with van der Waals surface area (Å²) in [6.07, 6.45) is 5.53. The number of hydrogen-bond donors (Lipinski definition) is 1. The van der Waals surface area contributed by atoms with Crippen LogP contribution in [0.25, 0.3) is 11.8 Å². The Labute approximate surface area is 103 Å². The maximum absolute atomic E-state index is 13.9. The second-order valence-corrected chi connectivity index (χ2v) is 3.69. The summed E-state index contributed by atoms with van der Waals surface area (Å²) in [4.78, 5) is 14.5. The van der Waals surface area contributed by atoms with Gasteiger partial charge in [-0.1, -0.05) is 12.1 Å². The van der Waals surface area contributed by atoms with Gasteiger partial charge < -0.3 is 9.67 Å². The topological polar surface area (TPSA) is 55.1 Å². The summed E-state index contributed by atoms with van der Waals surface area (Å²) in [5, 5.41) is 8.62. The Kier molecular flexibility index (Phi) is 3.23. The monoisotopic (exact) mass is 246 g/mol. The molecule has 1 heterocycles. The first kappa shape index (κ1) is 12.0. The van der Waals surface area contributed by atoms with E-state index in [1.807, 2.05) is 0 Å². The van der Waals surface area contributed by atoms with Crippen LogP contribution < -0.4 is 0 Å². The molecule has 0 radical (unpaired) electrons. The molecule has 0 fully saturated rings. The molecular formula is C13H11FN2O2. The van der Waals surface area contributed by atoms with Crippen molar-refractivity contribution in [3.05, 3.63) is 53.9 Å². The van der Waals surface area contributed by atoms with Gasteiger partial charge in [0.25, 0.3) is 0 Å². The largest absolute Gasteiger partial charge is 0.478 e. The Morgan fingerprint density at radius 3 is 2.89 bits per heavy atom. The van der Waals surface area contributed by atoms with E-state index in [2.05, 4.69) is 4.98 Å². The summed E-state index contributed by atoms with van der Waals surface area (Å²) in [5.74, 6) is -0.874. The number of carbonyl (C=O) groups is 1. The zero-order chi connectivity index (χ0) is 13.1. The number of aliphatic carboxylic acids is 1. The molecule has 0 saturated heterocycles. The molecule has 0 atom stereocenters. The lowest BCUT2D eigenvalue weighted by molar-refractivity contribution is -0.131. The number of para-hydroxylation sites is 1. The lowest BCUT2D eigenvalue weighted by Crippen LogP contribution is -2.02. The van der Waals surface area contributed by atoms with Gasteiger partial charge in [-0.15, -0.1) is 0 Å². The number of rotatable bonds is 3.